The lowest BCUT2D eigenvalue weighted by Gasteiger charge is -2.11. The maximum absolute atomic E-state index is 6.41. The van der Waals surface area contributed by atoms with E-state index in [9.17, 15) is 0 Å². The zero-order chi connectivity index (χ0) is 41.4. The van der Waals surface area contributed by atoms with Gasteiger partial charge in [-0.2, -0.15) is 9.97 Å². The normalized spacial score (nSPS) is 11.8. The number of hydrogen-bond acceptors (Lipinski definition) is 7. The quantitative estimate of drug-likeness (QED) is 0.166. The van der Waals surface area contributed by atoms with Crippen LogP contribution in [0.5, 0.6) is 0 Å². The Balaban J connectivity index is 1.00. The zero-order valence-electron chi connectivity index (χ0n) is 33.5. The van der Waals surface area contributed by atoms with Crippen molar-refractivity contribution in [3.63, 3.8) is 0 Å². The first-order valence-corrected chi connectivity index (χ1v) is 21.6. The van der Waals surface area contributed by atoms with Gasteiger partial charge in [-0.3, -0.25) is 4.57 Å². The molecule has 8 aromatic carbocycles. The molecule has 13 rings (SSSR count). The SMILES string of the molecule is c1ccc(-c2ccc3c4ccccc4n(-c4nc(-c5ccccc5)nc(-c5ccc6sc7c(-c8nc(-c9ccccc9)c9oc%10ccccc%10c9n8)cccc7c6c5)n4)c3c2)cc1. The van der Waals surface area contributed by atoms with Crippen LogP contribution in [0, 0.1) is 0 Å². The van der Waals surface area contributed by atoms with Crippen LogP contribution in [0.1, 0.15) is 0 Å². The molecule has 0 amide bonds. The minimum atomic E-state index is 0.557. The number of rotatable bonds is 6. The Bertz CT molecular complexity index is 3910. The molecular weight excluding hydrogens is 793 g/mol. The van der Waals surface area contributed by atoms with Crippen molar-refractivity contribution in [1.82, 2.24) is 29.5 Å². The minimum absolute atomic E-state index is 0.557. The van der Waals surface area contributed by atoms with Crippen molar-refractivity contribution >= 4 is 75.4 Å². The highest BCUT2D eigenvalue weighted by molar-refractivity contribution is 7.26. The van der Waals surface area contributed by atoms with E-state index in [-0.39, 0.29) is 0 Å². The summed E-state index contributed by atoms with van der Waals surface area (Å²) in [6, 6.07) is 66.9. The topological polar surface area (TPSA) is 82.5 Å². The first kappa shape index (κ1) is 35.4. The van der Waals surface area contributed by atoms with Gasteiger partial charge < -0.3 is 4.42 Å². The Morgan fingerprint density at radius 3 is 1.86 bits per heavy atom. The molecule has 0 N–H and O–H groups in total. The van der Waals surface area contributed by atoms with E-state index in [1.165, 1.54) is 0 Å². The number of para-hydroxylation sites is 2. The highest BCUT2D eigenvalue weighted by Gasteiger charge is 2.22. The molecule has 0 radical (unpaired) electrons. The van der Waals surface area contributed by atoms with Crippen LogP contribution in [0.2, 0.25) is 0 Å². The van der Waals surface area contributed by atoms with Crippen LogP contribution in [0.25, 0.3) is 127 Å². The molecular formula is C55H32N6OS. The smallest absolute Gasteiger partial charge is 0.238 e. The molecule has 0 saturated heterocycles. The van der Waals surface area contributed by atoms with Crippen molar-refractivity contribution < 1.29 is 4.42 Å². The Labute approximate surface area is 364 Å². The van der Waals surface area contributed by atoms with E-state index in [0.29, 0.717) is 29.0 Å². The molecule has 0 bridgehead atoms. The Morgan fingerprint density at radius 2 is 1.05 bits per heavy atom. The van der Waals surface area contributed by atoms with Gasteiger partial charge >= 0.3 is 0 Å². The maximum Gasteiger partial charge on any atom is 0.238 e. The van der Waals surface area contributed by atoms with Crippen LogP contribution in [0.4, 0.5) is 0 Å². The number of aromatic nitrogens is 6. The predicted molar refractivity (Wildman–Crippen MR) is 257 cm³/mol. The van der Waals surface area contributed by atoms with E-state index < -0.39 is 0 Å². The van der Waals surface area contributed by atoms with Crippen molar-refractivity contribution in [2.24, 2.45) is 0 Å². The van der Waals surface area contributed by atoms with Crippen molar-refractivity contribution in [1.29, 1.82) is 0 Å². The van der Waals surface area contributed by atoms with Gasteiger partial charge in [0.25, 0.3) is 0 Å². The van der Waals surface area contributed by atoms with E-state index in [0.717, 1.165) is 97.5 Å². The summed E-state index contributed by atoms with van der Waals surface area (Å²) in [5.41, 5.74) is 11.1. The Morgan fingerprint density at radius 1 is 0.397 bits per heavy atom. The monoisotopic (exact) mass is 824 g/mol. The van der Waals surface area contributed by atoms with Gasteiger partial charge in [0.05, 0.1) is 11.0 Å². The average Bonchev–Trinajstić information content (AvgIpc) is 4.03. The largest absolute Gasteiger partial charge is 0.452 e. The van der Waals surface area contributed by atoms with Crippen LogP contribution in [-0.2, 0) is 0 Å². The van der Waals surface area contributed by atoms with Gasteiger partial charge in [-0.05, 0) is 59.7 Å². The highest BCUT2D eigenvalue weighted by atomic mass is 32.1. The average molecular weight is 825 g/mol. The van der Waals surface area contributed by atoms with E-state index in [2.05, 4.69) is 126 Å². The fraction of sp³-hybridized carbons (Fsp3) is 0. The van der Waals surface area contributed by atoms with E-state index in [1.807, 2.05) is 72.8 Å². The molecule has 0 spiro atoms. The van der Waals surface area contributed by atoms with Crippen molar-refractivity contribution in [2.75, 3.05) is 0 Å². The predicted octanol–water partition coefficient (Wildman–Crippen LogP) is 14.4. The van der Waals surface area contributed by atoms with E-state index in [4.69, 9.17) is 29.3 Å². The second-order valence-corrected chi connectivity index (χ2v) is 16.7. The van der Waals surface area contributed by atoms with Crippen LogP contribution < -0.4 is 0 Å². The molecule has 5 aromatic heterocycles. The van der Waals surface area contributed by atoms with Crippen molar-refractivity contribution in [3.05, 3.63) is 194 Å². The second kappa shape index (κ2) is 14.1. The molecule has 13 aromatic rings. The van der Waals surface area contributed by atoms with E-state index >= 15 is 0 Å². The van der Waals surface area contributed by atoms with Crippen molar-refractivity contribution in [3.8, 4) is 62.5 Å². The lowest BCUT2D eigenvalue weighted by molar-refractivity contribution is 0.667. The second-order valence-electron chi connectivity index (χ2n) is 15.6. The molecule has 294 valence electrons. The standard InChI is InChI=1S/C55H32N6OS/c1-4-15-33(16-5-1)36-27-29-39-38-21-10-12-25-44(38)61(45(39)32-36)55-59-52(35-19-8-3-9-20-35)58-53(60-55)37-28-30-47-43(31-37)40-23-14-24-42(51(40)63-47)54-56-48(34-17-6-2-7-18-34)50-49(57-54)41-22-11-13-26-46(41)62-50/h1-32H. The zero-order valence-corrected chi connectivity index (χ0v) is 34.3. The van der Waals surface area contributed by atoms with Crippen LogP contribution in [0.15, 0.2) is 199 Å². The van der Waals surface area contributed by atoms with Crippen LogP contribution in [0.3, 0.4) is 0 Å². The third-order valence-electron chi connectivity index (χ3n) is 11.9. The number of benzene rings is 8. The fourth-order valence-electron chi connectivity index (χ4n) is 8.92. The number of hydrogen-bond donors (Lipinski definition) is 0. The van der Waals surface area contributed by atoms with Gasteiger partial charge in [-0.1, -0.05) is 146 Å². The molecule has 0 aliphatic carbocycles. The number of furan rings is 1. The van der Waals surface area contributed by atoms with Crippen LogP contribution in [-0.4, -0.2) is 29.5 Å². The third kappa shape index (κ3) is 5.76. The summed E-state index contributed by atoms with van der Waals surface area (Å²) in [4.78, 5) is 26.1. The van der Waals surface area contributed by atoms with Crippen LogP contribution >= 0.6 is 11.3 Å². The van der Waals surface area contributed by atoms with Crippen molar-refractivity contribution in [2.45, 2.75) is 0 Å². The number of thiophene rings is 1. The molecule has 7 nitrogen and oxygen atoms in total. The molecule has 5 heterocycles. The van der Waals surface area contributed by atoms with Gasteiger partial charge in [0, 0.05) is 58.6 Å². The molecule has 0 fully saturated rings. The summed E-state index contributed by atoms with van der Waals surface area (Å²) >= 11 is 1.74. The molecule has 0 unspecified atom stereocenters. The Kier molecular flexibility index (Phi) is 7.94. The molecule has 8 heteroatoms. The molecule has 0 saturated carbocycles. The first-order valence-electron chi connectivity index (χ1n) is 20.8. The fourth-order valence-corrected chi connectivity index (χ4v) is 10.1. The summed E-state index contributed by atoms with van der Waals surface area (Å²) < 4.78 is 10.9. The number of fused-ring (bicyclic) bond motifs is 9. The van der Waals surface area contributed by atoms with E-state index in [1.54, 1.807) is 11.3 Å². The number of nitrogens with zero attached hydrogens (tertiary/aromatic N) is 6. The van der Waals surface area contributed by atoms with Gasteiger partial charge in [0.15, 0.2) is 23.1 Å². The molecule has 63 heavy (non-hydrogen) atoms. The molecule has 0 aliphatic heterocycles. The minimum Gasteiger partial charge on any atom is -0.452 e. The summed E-state index contributed by atoms with van der Waals surface area (Å²) in [6.45, 7) is 0. The lowest BCUT2D eigenvalue weighted by Crippen LogP contribution is -2.06. The van der Waals surface area contributed by atoms with Gasteiger partial charge in [0.1, 0.15) is 16.8 Å². The van der Waals surface area contributed by atoms with Gasteiger partial charge in [-0.25, -0.2) is 15.0 Å². The maximum atomic E-state index is 6.41. The summed E-state index contributed by atoms with van der Waals surface area (Å²) in [5, 5.41) is 5.46. The van der Waals surface area contributed by atoms with Gasteiger partial charge in [-0.15, -0.1) is 11.3 Å². The highest BCUT2D eigenvalue weighted by Crippen LogP contribution is 2.43. The summed E-state index contributed by atoms with van der Waals surface area (Å²) in [6.07, 6.45) is 0. The van der Waals surface area contributed by atoms with Gasteiger partial charge in [0.2, 0.25) is 5.95 Å². The lowest BCUT2D eigenvalue weighted by atomic mass is 10.0. The Hall–Kier alpha value is -8.33. The molecule has 0 aliphatic rings. The summed E-state index contributed by atoms with van der Waals surface area (Å²) in [5.74, 6) is 2.41. The molecule has 0 atom stereocenters. The summed E-state index contributed by atoms with van der Waals surface area (Å²) in [7, 11) is 0. The third-order valence-corrected chi connectivity index (χ3v) is 13.1. The first-order chi connectivity index (χ1) is 31.2.